The minimum Gasteiger partial charge on any atom is -0.444 e. The van der Waals surface area contributed by atoms with Gasteiger partial charge in [-0.3, -0.25) is 4.18 Å². The average Bonchev–Trinajstić information content (AvgIpc) is 2.84. The smallest absolute Gasteiger partial charge is 0.410 e. The van der Waals surface area contributed by atoms with Crippen LogP contribution in [0, 0.1) is 5.41 Å². The van der Waals surface area contributed by atoms with E-state index < -0.39 is 15.7 Å². The number of amides is 1. The molecule has 0 radical (unpaired) electrons. The number of carbonyl (C=O) groups is 1. The van der Waals surface area contributed by atoms with Crippen LogP contribution in [0.1, 0.15) is 40.0 Å². The molecule has 0 aromatic heterocycles. The van der Waals surface area contributed by atoms with E-state index in [2.05, 4.69) is 0 Å². The Bertz CT molecular complexity index is 489. The molecule has 0 unspecified atom stereocenters. The monoisotopic (exact) mass is 305 g/mol. The Labute approximate surface area is 120 Å². The molecule has 2 aliphatic rings. The van der Waals surface area contributed by atoms with E-state index in [1.165, 1.54) is 0 Å². The molecule has 1 saturated carbocycles. The van der Waals surface area contributed by atoms with Gasteiger partial charge in [-0.25, -0.2) is 4.79 Å². The van der Waals surface area contributed by atoms with Gasteiger partial charge in [-0.15, -0.1) is 0 Å². The molecule has 1 amide bonds. The lowest BCUT2D eigenvalue weighted by atomic mass is 10.0. The zero-order valence-electron chi connectivity index (χ0n) is 12.5. The van der Waals surface area contributed by atoms with Crippen molar-refractivity contribution in [3.8, 4) is 0 Å². The second kappa shape index (κ2) is 4.87. The van der Waals surface area contributed by atoms with Crippen molar-refractivity contribution in [3.05, 3.63) is 0 Å². The van der Waals surface area contributed by atoms with Gasteiger partial charge in [-0.05, 0) is 45.4 Å². The molecule has 0 aromatic rings. The summed E-state index contributed by atoms with van der Waals surface area (Å²) in [5, 5.41) is 0. The molecule has 20 heavy (non-hydrogen) atoms. The van der Waals surface area contributed by atoms with Crippen molar-refractivity contribution < 1.29 is 22.1 Å². The molecule has 2 fully saturated rings. The fourth-order valence-electron chi connectivity index (χ4n) is 2.59. The fraction of sp³-hybridized carbons (Fsp3) is 0.923. The van der Waals surface area contributed by atoms with Gasteiger partial charge in [0.1, 0.15) is 5.60 Å². The molecule has 1 atom stereocenters. The summed E-state index contributed by atoms with van der Waals surface area (Å²) in [4.78, 5) is 13.8. The third-order valence-electron chi connectivity index (χ3n) is 3.67. The summed E-state index contributed by atoms with van der Waals surface area (Å²) in [5.41, 5.74) is -0.388. The standard InChI is InChI=1S/C13H23NO5S/c1-12(2,3)19-11(15)14-9-13(5-6-13)7-10(14)8-18-20(4,16)17/h10H,5-9H2,1-4H3/t10-/m1/s1. The highest BCUT2D eigenvalue weighted by Gasteiger charge is 2.54. The van der Waals surface area contributed by atoms with Crippen LogP contribution in [0.15, 0.2) is 0 Å². The van der Waals surface area contributed by atoms with Crippen molar-refractivity contribution in [3.63, 3.8) is 0 Å². The summed E-state index contributed by atoms with van der Waals surface area (Å²) >= 11 is 0. The van der Waals surface area contributed by atoms with Crippen molar-refractivity contribution in [2.24, 2.45) is 5.41 Å². The minimum atomic E-state index is -3.49. The molecule has 6 nitrogen and oxygen atoms in total. The maximum atomic E-state index is 12.2. The first-order valence-electron chi connectivity index (χ1n) is 6.84. The number of nitrogens with zero attached hydrogens (tertiary/aromatic N) is 1. The lowest BCUT2D eigenvalue weighted by molar-refractivity contribution is 0.0184. The zero-order valence-corrected chi connectivity index (χ0v) is 13.3. The second-order valence-corrected chi connectivity index (χ2v) is 8.60. The Balaban J connectivity index is 2.02. The van der Waals surface area contributed by atoms with Gasteiger partial charge in [0.15, 0.2) is 0 Å². The molecular weight excluding hydrogens is 282 g/mol. The van der Waals surface area contributed by atoms with E-state index in [-0.39, 0.29) is 24.2 Å². The minimum absolute atomic E-state index is 0.0137. The lowest BCUT2D eigenvalue weighted by Crippen LogP contribution is -2.42. The molecule has 0 N–H and O–H groups in total. The van der Waals surface area contributed by atoms with Gasteiger partial charge in [0.25, 0.3) is 10.1 Å². The molecule has 0 bridgehead atoms. The molecule has 7 heteroatoms. The number of hydrogen-bond donors (Lipinski definition) is 0. The summed E-state index contributed by atoms with van der Waals surface area (Å²) in [5.74, 6) is 0. The lowest BCUT2D eigenvalue weighted by Gasteiger charge is -2.28. The largest absolute Gasteiger partial charge is 0.444 e. The Kier molecular flexibility index (Phi) is 3.79. The van der Waals surface area contributed by atoms with Crippen molar-refractivity contribution >= 4 is 16.2 Å². The molecule has 116 valence electrons. The number of carbonyl (C=O) groups excluding carboxylic acids is 1. The summed E-state index contributed by atoms with van der Waals surface area (Å²) in [6, 6.07) is -0.220. The van der Waals surface area contributed by atoms with Crippen LogP contribution in [0.3, 0.4) is 0 Å². The van der Waals surface area contributed by atoms with E-state index in [0.717, 1.165) is 25.5 Å². The molecule has 1 spiro atoms. The number of hydrogen-bond acceptors (Lipinski definition) is 5. The van der Waals surface area contributed by atoms with E-state index >= 15 is 0 Å². The van der Waals surface area contributed by atoms with Crippen LogP contribution >= 0.6 is 0 Å². The molecule has 1 aliphatic carbocycles. The third kappa shape index (κ3) is 4.09. The predicted molar refractivity (Wildman–Crippen MR) is 73.8 cm³/mol. The van der Waals surface area contributed by atoms with E-state index in [0.29, 0.717) is 6.54 Å². The number of rotatable bonds is 3. The summed E-state index contributed by atoms with van der Waals surface area (Å²) in [6.45, 7) is 6.10. The van der Waals surface area contributed by atoms with Crippen molar-refractivity contribution in [2.45, 2.75) is 51.7 Å². The molecule has 2 rings (SSSR count). The fourth-order valence-corrected chi connectivity index (χ4v) is 2.99. The summed E-state index contributed by atoms with van der Waals surface area (Å²) in [6.07, 6.45) is 3.60. The SMILES string of the molecule is CC(C)(C)OC(=O)N1CC2(CC2)C[C@@H]1COS(C)(=O)=O. The van der Waals surface area contributed by atoms with Crippen LogP contribution in [0.25, 0.3) is 0 Å². The van der Waals surface area contributed by atoms with Gasteiger partial charge in [0, 0.05) is 6.54 Å². The molecule has 1 aliphatic heterocycles. The van der Waals surface area contributed by atoms with Crippen LogP contribution in [-0.2, 0) is 19.0 Å². The van der Waals surface area contributed by atoms with Gasteiger partial charge in [0.05, 0.1) is 18.9 Å². The number of likely N-dealkylation sites (tertiary alicyclic amines) is 1. The highest BCUT2D eigenvalue weighted by atomic mass is 32.2. The van der Waals surface area contributed by atoms with Crippen LogP contribution < -0.4 is 0 Å². The Morgan fingerprint density at radius 1 is 1.35 bits per heavy atom. The topological polar surface area (TPSA) is 72.9 Å². The zero-order chi connectivity index (χ0) is 15.2. The average molecular weight is 305 g/mol. The summed E-state index contributed by atoms with van der Waals surface area (Å²) < 4.78 is 32.5. The Morgan fingerprint density at radius 3 is 2.40 bits per heavy atom. The molecular formula is C13H23NO5S. The van der Waals surface area contributed by atoms with E-state index in [1.54, 1.807) is 4.90 Å². The van der Waals surface area contributed by atoms with Gasteiger partial charge in [-0.1, -0.05) is 0 Å². The highest BCUT2D eigenvalue weighted by Crippen LogP contribution is 2.55. The van der Waals surface area contributed by atoms with Crippen molar-refractivity contribution in [2.75, 3.05) is 19.4 Å². The van der Waals surface area contributed by atoms with Crippen LogP contribution in [0.2, 0.25) is 0 Å². The van der Waals surface area contributed by atoms with E-state index in [9.17, 15) is 13.2 Å². The predicted octanol–water partition coefficient (Wildman–Crippen LogP) is 1.75. The van der Waals surface area contributed by atoms with Crippen LogP contribution in [0.4, 0.5) is 4.79 Å². The van der Waals surface area contributed by atoms with E-state index in [4.69, 9.17) is 8.92 Å². The van der Waals surface area contributed by atoms with Gasteiger partial charge < -0.3 is 9.64 Å². The van der Waals surface area contributed by atoms with Gasteiger partial charge in [-0.2, -0.15) is 8.42 Å². The first-order chi connectivity index (χ1) is 9.00. The van der Waals surface area contributed by atoms with Crippen molar-refractivity contribution in [1.82, 2.24) is 4.90 Å². The Morgan fingerprint density at radius 2 is 1.95 bits per heavy atom. The normalized spacial score (nSPS) is 25.0. The van der Waals surface area contributed by atoms with E-state index in [1.807, 2.05) is 20.8 Å². The van der Waals surface area contributed by atoms with Crippen LogP contribution in [0.5, 0.6) is 0 Å². The maximum absolute atomic E-state index is 12.2. The molecule has 0 aromatic carbocycles. The maximum Gasteiger partial charge on any atom is 0.410 e. The van der Waals surface area contributed by atoms with Gasteiger partial charge >= 0.3 is 6.09 Å². The van der Waals surface area contributed by atoms with Crippen LogP contribution in [-0.4, -0.2) is 50.5 Å². The van der Waals surface area contributed by atoms with Gasteiger partial charge in [0.2, 0.25) is 0 Å². The second-order valence-electron chi connectivity index (χ2n) is 6.95. The first-order valence-corrected chi connectivity index (χ1v) is 8.65. The quantitative estimate of drug-likeness (QED) is 0.743. The number of ether oxygens (including phenoxy) is 1. The Hall–Kier alpha value is -0.820. The summed E-state index contributed by atoms with van der Waals surface area (Å²) in [7, 11) is -3.49. The highest BCUT2D eigenvalue weighted by molar-refractivity contribution is 7.85. The third-order valence-corrected chi connectivity index (χ3v) is 4.24. The molecule has 1 heterocycles. The van der Waals surface area contributed by atoms with Crippen molar-refractivity contribution in [1.29, 1.82) is 0 Å². The first kappa shape index (κ1) is 15.6. The molecule has 1 saturated heterocycles.